The fraction of sp³-hybridized carbons (Fsp3) is 0.296. The zero-order chi connectivity index (χ0) is 25.3. The minimum atomic E-state index is -1.27. The number of β-amino-alcohol motifs (C(OH)–C–C–N with tert-alkyl or cyclic N) is 1. The second-order valence-corrected chi connectivity index (χ2v) is 9.49. The van der Waals surface area contributed by atoms with E-state index >= 15 is 0 Å². The maximum Gasteiger partial charge on any atom is 0.256 e. The number of likely N-dealkylation sites (tertiary alicyclic amines) is 1. The van der Waals surface area contributed by atoms with Crippen molar-refractivity contribution in [2.75, 3.05) is 18.4 Å². The third-order valence-electron chi connectivity index (χ3n) is 6.14. The summed E-state index contributed by atoms with van der Waals surface area (Å²) in [4.78, 5) is 13.8. The topological polar surface area (TPSA) is 78.6 Å². The molecule has 0 atom stereocenters. The van der Waals surface area contributed by atoms with Gasteiger partial charge in [0.2, 0.25) is 0 Å². The molecule has 3 aromatic rings. The Labute approximate surface area is 202 Å². The van der Waals surface area contributed by atoms with E-state index in [-0.39, 0.29) is 24.3 Å². The fourth-order valence-corrected chi connectivity index (χ4v) is 4.39. The Bertz CT molecular complexity index is 1230. The number of carbonyl (C=O) groups excluding carboxylic acids is 1. The van der Waals surface area contributed by atoms with Crippen molar-refractivity contribution in [3.63, 3.8) is 0 Å². The maximum atomic E-state index is 14.3. The van der Waals surface area contributed by atoms with E-state index in [1.54, 1.807) is 19.9 Å². The molecule has 1 fully saturated rings. The molecule has 5 rings (SSSR count). The van der Waals surface area contributed by atoms with Gasteiger partial charge < -0.3 is 21.1 Å². The molecule has 5 nitrogen and oxygen atoms in total. The minimum Gasteiger partial charge on any atom is -0.386 e. The molecule has 1 heterocycles. The second-order valence-electron chi connectivity index (χ2n) is 9.49. The normalized spacial score (nSPS) is 16.1. The zero-order valence-corrected chi connectivity index (χ0v) is 19.6. The number of nitrogens with two attached hydrogens (primary N) is 1. The Morgan fingerprint density at radius 1 is 1.03 bits per heavy atom. The van der Waals surface area contributed by atoms with Crippen LogP contribution in [0, 0.1) is 24.4 Å². The first kappa shape index (κ1) is 24.8. The van der Waals surface area contributed by atoms with E-state index in [1.807, 2.05) is 0 Å². The van der Waals surface area contributed by atoms with E-state index in [2.05, 4.69) is 29.6 Å². The van der Waals surface area contributed by atoms with Crippen molar-refractivity contribution in [3.05, 3.63) is 94.3 Å². The molecule has 3 aromatic carbocycles. The van der Waals surface area contributed by atoms with Crippen molar-refractivity contribution in [1.29, 1.82) is 0 Å². The van der Waals surface area contributed by atoms with E-state index in [0.29, 0.717) is 11.6 Å². The molecule has 4 N–H and O–H groups in total. The van der Waals surface area contributed by atoms with Gasteiger partial charge in [-0.3, -0.25) is 4.79 Å². The number of aliphatic hydroxyl groups is 1. The predicted molar refractivity (Wildman–Crippen MR) is 129 cm³/mol. The molecule has 184 valence electrons. The first-order valence-electron chi connectivity index (χ1n) is 11.4. The summed E-state index contributed by atoms with van der Waals surface area (Å²) in [6.07, 6.45) is 2.13. The lowest BCUT2D eigenvalue weighted by Crippen LogP contribution is -2.61. The monoisotopic (exact) mass is 483 g/mol. The Morgan fingerprint density at radius 3 is 2.23 bits per heavy atom. The van der Waals surface area contributed by atoms with Crippen molar-refractivity contribution in [2.24, 2.45) is 5.73 Å². The summed E-state index contributed by atoms with van der Waals surface area (Å²) in [6.45, 7) is 3.44. The van der Waals surface area contributed by atoms with Gasteiger partial charge in [-0.05, 0) is 67.6 Å². The van der Waals surface area contributed by atoms with Crippen LogP contribution in [-0.4, -0.2) is 40.6 Å². The molecular formula is C27H28F3N3O2. The lowest BCUT2D eigenvalue weighted by Gasteiger charge is -2.44. The van der Waals surface area contributed by atoms with E-state index in [4.69, 9.17) is 5.73 Å². The molecule has 2 aliphatic rings. The lowest BCUT2D eigenvalue weighted by molar-refractivity contribution is -0.0668. The number of benzene rings is 3. The van der Waals surface area contributed by atoms with Crippen molar-refractivity contribution >= 4 is 17.3 Å². The maximum absolute atomic E-state index is 14.3. The summed E-state index contributed by atoms with van der Waals surface area (Å²) < 4.78 is 41.9. The van der Waals surface area contributed by atoms with Crippen LogP contribution in [0.25, 0.3) is 0 Å². The smallest absolute Gasteiger partial charge is 0.256 e. The average molecular weight is 484 g/mol. The van der Waals surface area contributed by atoms with Gasteiger partial charge in [0.05, 0.1) is 35.6 Å². The SMILES string of the molecule is Cc1ccc(Nc2c(C(=O)N3CC(C)(O)C3)ccc(F)c2F)c(F)c1.NC1Cc2ccccc2C1. The van der Waals surface area contributed by atoms with E-state index in [9.17, 15) is 23.1 Å². The van der Waals surface area contributed by atoms with Crippen LogP contribution >= 0.6 is 0 Å². The predicted octanol–water partition coefficient (Wildman–Crippen LogP) is 4.48. The fourth-order valence-electron chi connectivity index (χ4n) is 4.39. The highest BCUT2D eigenvalue weighted by molar-refractivity contribution is 6.01. The third-order valence-corrected chi connectivity index (χ3v) is 6.14. The van der Waals surface area contributed by atoms with E-state index < -0.39 is 34.6 Å². The molecule has 1 amide bonds. The molecule has 1 aliphatic carbocycles. The van der Waals surface area contributed by atoms with Gasteiger partial charge in [0, 0.05) is 6.04 Å². The molecule has 1 saturated heterocycles. The molecule has 0 bridgehead atoms. The van der Waals surface area contributed by atoms with Crippen molar-refractivity contribution in [1.82, 2.24) is 4.90 Å². The molecular weight excluding hydrogens is 455 g/mol. The summed E-state index contributed by atoms with van der Waals surface area (Å²) in [5.74, 6) is -3.63. The molecule has 0 radical (unpaired) electrons. The zero-order valence-electron chi connectivity index (χ0n) is 19.6. The van der Waals surface area contributed by atoms with Crippen LogP contribution in [0.4, 0.5) is 24.5 Å². The number of amides is 1. The van der Waals surface area contributed by atoms with Gasteiger partial charge in [0.1, 0.15) is 5.82 Å². The number of nitrogens with zero attached hydrogens (tertiary/aromatic N) is 1. The number of rotatable bonds is 3. The van der Waals surface area contributed by atoms with Crippen LogP contribution < -0.4 is 11.1 Å². The number of hydrogen-bond acceptors (Lipinski definition) is 4. The summed E-state index contributed by atoms with van der Waals surface area (Å²) in [5.41, 5.74) is 7.71. The lowest BCUT2D eigenvalue weighted by atomic mass is 9.95. The van der Waals surface area contributed by atoms with Crippen LogP contribution in [0.5, 0.6) is 0 Å². The number of nitrogens with one attached hydrogen (secondary N) is 1. The number of halogens is 3. The van der Waals surface area contributed by atoms with Gasteiger partial charge in [-0.2, -0.15) is 0 Å². The van der Waals surface area contributed by atoms with Gasteiger partial charge in [0.15, 0.2) is 11.6 Å². The second kappa shape index (κ2) is 9.71. The largest absolute Gasteiger partial charge is 0.386 e. The van der Waals surface area contributed by atoms with Crippen LogP contribution in [0.2, 0.25) is 0 Å². The molecule has 35 heavy (non-hydrogen) atoms. The van der Waals surface area contributed by atoms with Gasteiger partial charge in [-0.15, -0.1) is 0 Å². The average Bonchev–Trinajstić information content (AvgIpc) is 3.17. The molecule has 0 unspecified atom stereocenters. The van der Waals surface area contributed by atoms with E-state index in [0.717, 1.165) is 25.0 Å². The van der Waals surface area contributed by atoms with Gasteiger partial charge in [-0.1, -0.05) is 30.3 Å². The Balaban J connectivity index is 0.000000239. The Hall–Kier alpha value is -3.36. The number of carbonyl (C=O) groups is 1. The van der Waals surface area contributed by atoms with Crippen LogP contribution in [0.15, 0.2) is 54.6 Å². The summed E-state index contributed by atoms with van der Waals surface area (Å²) in [6, 6.07) is 15.1. The van der Waals surface area contributed by atoms with Crippen LogP contribution in [0.3, 0.4) is 0 Å². The van der Waals surface area contributed by atoms with E-state index in [1.165, 1.54) is 28.2 Å². The Morgan fingerprint density at radius 2 is 1.66 bits per heavy atom. The number of aryl methyl sites for hydroxylation is 1. The van der Waals surface area contributed by atoms with Gasteiger partial charge >= 0.3 is 0 Å². The standard InChI is InChI=1S/C18H17F3N2O2.C9H11N/c1-10-3-6-14(13(20)7-10)22-16-11(4-5-12(19)15(16)21)17(24)23-8-18(2,25)9-23;10-9-5-7-3-1-2-4-8(7)6-9/h3-7,22,25H,8-9H2,1-2H3;1-4,9H,5-6,10H2. The van der Waals surface area contributed by atoms with Gasteiger partial charge in [0.25, 0.3) is 5.91 Å². The number of fused-ring (bicyclic) bond motifs is 1. The molecule has 8 heteroatoms. The van der Waals surface area contributed by atoms with Crippen molar-refractivity contribution in [3.8, 4) is 0 Å². The quantitative estimate of drug-likeness (QED) is 0.514. The number of hydrogen-bond donors (Lipinski definition) is 3. The number of anilines is 2. The van der Waals surface area contributed by atoms with Crippen molar-refractivity contribution in [2.45, 2.75) is 38.3 Å². The van der Waals surface area contributed by atoms with Crippen LogP contribution in [-0.2, 0) is 12.8 Å². The highest BCUT2D eigenvalue weighted by Gasteiger charge is 2.40. The molecule has 0 aromatic heterocycles. The molecule has 0 saturated carbocycles. The third kappa shape index (κ3) is 5.49. The Kier molecular flexibility index (Phi) is 6.87. The highest BCUT2D eigenvalue weighted by Crippen LogP contribution is 2.31. The first-order valence-corrected chi connectivity index (χ1v) is 11.4. The van der Waals surface area contributed by atoms with Crippen molar-refractivity contribution < 1.29 is 23.1 Å². The van der Waals surface area contributed by atoms with Crippen LogP contribution in [0.1, 0.15) is 34.0 Å². The van der Waals surface area contributed by atoms with Gasteiger partial charge in [-0.25, -0.2) is 13.2 Å². The molecule has 0 spiro atoms. The summed E-state index contributed by atoms with van der Waals surface area (Å²) >= 11 is 0. The summed E-state index contributed by atoms with van der Waals surface area (Å²) in [7, 11) is 0. The minimum absolute atomic E-state index is 0.0697. The highest BCUT2D eigenvalue weighted by atomic mass is 19.2. The summed E-state index contributed by atoms with van der Waals surface area (Å²) in [5, 5.41) is 12.2. The first-order chi connectivity index (χ1) is 16.5. The molecule has 1 aliphatic heterocycles.